The molecule has 0 saturated carbocycles. The maximum absolute atomic E-state index is 12.6. The van der Waals surface area contributed by atoms with Crippen molar-refractivity contribution in [2.45, 2.75) is 42.7 Å². The highest BCUT2D eigenvalue weighted by Gasteiger charge is 2.36. The Balaban J connectivity index is 1.48. The summed E-state index contributed by atoms with van der Waals surface area (Å²) in [7, 11) is 0.986. The van der Waals surface area contributed by atoms with Gasteiger partial charge in [0.15, 0.2) is 5.82 Å². The third-order valence-corrected chi connectivity index (χ3v) is 7.73. The van der Waals surface area contributed by atoms with Crippen molar-refractivity contribution in [2.24, 2.45) is 0 Å². The lowest BCUT2D eigenvalue weighted by molar-refractivity contribution is -0.149. The van der Waals surface area contributed by atoms with Gasteiger partial charge < -0.3 is 19.3 Å². The molecule has 0 radical (unpaired) electrons. The summed E-state index contributed by atoms with van der Waals surface area (Å²) >= 11 is 1.64. The number of aromatic nitrogens is 2. The van der Waals surface area contributed by atoms with Crippen molar-refractivity contribution >= 4 is 40.3 Å². The van der Waals surface area contributed by atoms with E-state index in [9.17, 15) is 9.00 Å². The summed E-state index contributed by atoms with van der Waals surface area (Å²) in [4.78, 5) is 26.3. The number of ether oxygens (including phenoxy) is 2. The van der Waals surface area contributed by atoms with E-state index in [1.165, 1.54) is 0 Å². The first-order chi connectivity index (χ1) is 14.1. The van der Waals surface area contributed by atoms with Gasteiger partial charge in [0, 0.05) is 44.2 Å². The van der Waals surface area contributed by atoms with E-state index in [1.807, 2.05) is 18.2 Å². The second-order valence-electron chi connectivity index (χ2n) is 7.64. The van der Waals surface area contributed by atoms with Crippen LogP contribution in [0.4, 0.5) is 11.8 Å². The van der Waals surface area contributed by atoms with Crippen molar-refractivity contribution in [3.05, 3.63) is 5.69 Å². The molecule has 4 rings (SSSR count). The smallest absolute Gasteiger partial charge is 0.307 e. The summed E-state index contributed by atoms with van der Waals surface area (Å²) in [5.74, 6) is 2.68. The Morgan fingerprint density at radius 1 is 1.34 bits per heavy atom. The third-order valence-electron chi connectivity index (χ3n) is 5.67. The molecule has 160 valence electrons. The van der Waals surface area contributed by atoms with Crippen LogP contribution in [-0.4, -0.2) is 83.4 Å². The minimum atomic E-state index is -1.05. The van der Waals surface area contributed by atoms with Crippen LogP contribution in [0.1, 0.15) is 25.0 Å². The number of thioether (sulfide) groups is 1. The molecule has 0 bridgehead atoms. The molecule has 1 aromatic rings. The Labute approximate surface area is 178 Å². The number of carbonyl (C=O) groups excluding carboxylic acids is 1. The lowest BCUT2D eigenvalue weighted by Gasteiger charge is -2.39. The van der Waals surface area contributed by atoms with E-state index in [2.05, 4.69) is 4.90 Å². The number of carbonyl (C=O) groups is 1. The van der Waals surface area contributed by atoms with Crippen molar-refractivity contribution in [3.8, 4) is 0 Å². The predicted molar refractivity (Wildman–Crippen MR) is 114 cm³/mol. The predicted octanol–water partition coefficient (Wildman–Crippen LogP) is 1.24. The quantitative estimate of drug-likeness (QED) is 0.581. The number of aryl methyl sites for hydroxylation is 1. The molecule has 10 heteroatoms. The first-order valence-corrected chi connectivity index (χ1v) is 12.8. The molecule has 1 unspecified atom stereocenters. The molecule has 4 heterocycles. The molecule has 1 atom stereocenters. The molecule has 8 nitrogen and oxygen atoms in total. The average molecular weight is 441 g/mol. The molecule has 3 aliphatic heterocycles. The summed E-state index contributed by atoms with van der Waals surface area (Å²) in [6, 6.07) is 0.328. The van der Waals surface area contributed by atoms with Gasteiger partial charge in [-0.3, -0.25) is 9.00 Å². The molecule has 3 aliphatic rings. The van der Waals surface area contributed by atoms with Crippen molar-refractivity contribution in [3.63, 3.8) is 0 Å². The third kappa shape index (κ3) is 4.54. The zero-order valence-electron chi connectivity index (χ0n) is 17.0. The standard InChI is InChI=1S/C19H28N4O4S2/c1-22(13-3-7-26-8-4-13)18-17-15(6-10-29(17)25)20-19(21-18)23-11-14(12-23)27-16(24)5-9-28-2/h13-14H,3-12H2,1-2H3. The van der Waals surface area contributed by atoms with E-state index in [1.54, 1.807) is 11.8 Å². The normalized spacial score (nSPS) is 22.3. The second-order valence-corrected chi connectivity index (χ2v) is 10.1. The average Bonchev–Trinajstić information content (AvgIpc) is 3.09. The van der Waals surface area contributed by atoms with E-state index < -0.39 is 10.8 Å². The summed E-state index contributed by atoms with van der Waals surface area (Å²) in [5.41, 5.74) is 0.891. The summed E-state index contributed by atoms with van der Waals surface area (Å²) in [5, 5.41) is 0. The van der Waals surface area contributed by atoms with Gasteiger partial charge in [0.05, 0.1) is 36.0 Å². The van der Waals surface area contributed by atoms with Crippen LogP contribution in [0.25, 0.3) is 0 Å². The van der Waals surface area contributed by atoms with E-state index in [-0.39, 0.29) is 12.1 Å². The van der Waals surface area contributed by atoms with Gasteiger partial charge in [0.25, 0.3) is 0 Å². The van der Waals surface area contributed by atoms with Crippen LogP contribution in [0.15, 0.2) is 4.90 Å². The van der Waals surface area contributed by atoms with Gasteiger partial charge in [0.1, 0.15) is 11.0 Å². The van der Waals surface area contributed by atoms with E-state index >= 15 is 0 Å². The van der Waals surface area contributed by atoms with Crippen LogP contribution in [0.2, 0.25) is 0 Å². The maximum Gasteiger partial charge on any atom is 0.307 e. The first kappa shape index (κ1) is 20.9. The van der Waals surface area contributed by atoms with Gasteiger partial charge >= 0.3 is 5.97 Å². The lowest BCUT2D eigenvalue weighted by atomic mass is 10.1. The lowest BCUT2D eigenvalue weighted by Crippen LogP contribution is -2.54. The molecule has 0 N–H and O–H groups in total. The molecule has 29 heavy (non-hydrogen) atoms. The highest BCUT2D eigenvalue weighted by molar-refractivity contribution is 7.98. The second kappa shape index (κ2) is 9.18. The van der Waals surface area contributed by atoms with Crippen LogP contribution in [0.3, 0.4) is 0 Å². The van der Waals surface area contributed by atoms with Gasteiger partial charge in [-0.25, -0.2) is 4.98 Å². The SMILES string of the molecule is CSCCC(=O)OC1CN(c2nc3c(c(N(C)C4CCOCC4)n2)S(=O)CC3)C1. The van der Waals surface area contributed by atoms with Crippen LogP contribution in [0, 0.1) is 0 Å². The molecular formula is C19H28N4O4S2. The van der Waals surface area contributed by atoms with Gasteiger partial charge in [-0.2, -0.15) is 16.7 Å². The fraction of sp³-hybridized carbons (Fsp3) is 0.737. The Bertz CT molecular complexity index is 782. The van der Waals surface area contributed by atoms with Crippen molar-refractivity contribution in [1.82, 2.24) is 9.97 Å². The Kier molecular flexibility index (Phi) is 6.60. The van der Waals surface area contributed by atoms with Crippen molar-refractivity contribution < 1.29 is 18.5 Å². The molecule has 0 aromatic carbocycles. The number of hydrogen-bond donors (Lipinski definition) is 0. The molecule has 2 saturated heterocycles. The number of nitrogens with zero attached hydrogens (tertiary/aromatic N) is 4. The number of anilines is 2. The van der Waals surface area contributed by atoms with Gasteiger partial charge in [-0.15, -0.1) is 0 Å². The number of esters is 1. The number of rotatable bonds is 7. The zero-order valence-corrected chi connectivity index (χ0v) is 18.6. The molecule has 0 amide bonds. The van der Waals surface area contributed by atoms with Crippen molar-refractivity contribution in [2.75, 3.05) is 60.9 Å². The van der Waals surface area contributed by atoms with Crippen molar-refractivity contribution in [1.29, 1.82) is 0 Å². The topological polar surface area (TPSA) is 84.9 Å². The van der Waals surface area contributed by atoms with Gasteiger partial charge in [-0.05, 0) is 19.1 Å². The highest BCUT2D eigenvalue weighted by Crippen LogP contribution is 2.34. The van der Waals surface area contributed by atoms with Crippen LogP contribution in [0.5, 0.6) is 0 Å². The van der Waals surface area contributed by atoms with E-state index in [0.717, 1.165) is 48.2 Å². The number of hydrogen-bond acceptors (Lipinski definition) is 9. The molecule has 2 fully saturated rings. The Morgan fingerprint density at radius 3 is 2.83 bits per heavy atom. The van der Waals surface area contributed by atoms with Crippen LogP contribution in [-0.2, 0) is 31.5 Å². The van der Waals surface area contributed by atoms with Gasteiger partial charge in [0.2, 0.25) is 5.95 Å². The monoisotopic (exact) mass is 440 g/mol. The van der Waals surface area contributed by atoms with Crippen LogP contribution < -0.4 is 9.80 Å². The van der Waals surface area contributed by atoms with E-state index in [4.69, 9.17) is 19.4 Å². The molecule has 1 aromatic heterocycles. The largest absolute Gasteiger partial charge is 0.459 e. The summed E-state index contributed by atoms with van der Waals surface area (Å²) < 4.78 is 23.6. The summed E-state index contributed by atoms with van der Waals surface area (Å²) in [6.07, 6.45) is 4.91. The van der Waals surface area contributed by atoms with E-state index in [0.29, 0.717) is 43.7 Å². The fourth-order valence-corrected chi connectivity index (χ4v) is 5.65. The zero-order chi connectivity index (χ0) is 20.4. The Hall–Kier alpha value is -1.39. The molecular weight excluding hydrogens is 412 g/mol. The summed E-state index contributed by atoms with van der Waals surface area (Å²) in [6.45, 7) is 2.70. The number of fused-ring (bicyclic) bond motifs is 1. The van der Waals surface area contributed by atoms with Gasteiger partial charge in [-0.1, -0.05) is 0 Å². The molecule has 0 aliphatic carbocycles. The minimum absolute atomic E-state index is 0.105. The minimum Gasteiger partial charge on any atom is -0.459 e. The maximum atomic E-state index is 12.6. The molecule has 0 spiro atoms. The Morgan fingerprint density at radius 2 is 2.10 bits per heavy atom. The highest BCUT2D eigenvalue weighted by atomic mass is 32.2. The fourth-order valence-electron chi connectivity index (χ4n) is 3.90. The first-order valence-electron chi connectivity index (χ1n) is 10.1. The van der Waals surface area contributed by atoms with Crippen LogP contribution >= 0.6 is 11.8 Å².